The molecule has 68 heavy (non-hydrogen) atoms. The van der Waals surface area contributed by atoms with Crippen molar-refractivity contribution in [2.75, 3.05) is 84.7 Å². The van der Waals surface area contributed by atoms with Gasteiger partial charge in [0.2, 0.25) is 23.0 Å². The lowest BCUT2D eigenvalue weighted by molar-refractivity contribution is 0.0815. The second-order valence-electron chi connectivity index (χ2n) is 18.1. The monoisotopic (exact) mass is 949 g/mol. The molecular formula is C49H65ClN14O4. The Balaban J connectivity index is 0.000000151. The zero-order valence-electron chi connectivity index (χ0n) is 39.6. The third-order valence-corrected chi connectivity index (χ3v) is 13.2. The highest BCUT2D eigenvalue weighted by Gasteiger charge is 2.27. The van der Waals surface area contributed by atoms with Crippen LogP contribution in [0.15, 0.2) is 61.2 Å². The van der Waals surface area contributed by atoms with E-state index in [1.165, 1.54) is 77.5 Å². The number of carbonyl (C=O) groups excluding carboxylic acids is 2. The summed E-state index contributed by atoms with van der Waals surface area (Å²) in [6.45, 7) is 8.02. The van der Waals surface area contributed by atoms with E-state index in [0.29, 0.717) is 54.0 Å². The van der Waals surface area contributed by atoms with Crippen molar-refractivity contribution in [3.05, 3.63) is 77.9 Å². The Bertz CT molecular complexity index is 2580. The van der Waals surface area contributed by atoms with Crippen LogP contribution in [-0.4, -0.2) is 139 Å². The van der Waals surface area contributed by atoms with Gasteiger partial charge in [-0.05, 0) is 113 Å². The highest BCUT2D eigenvalue weighted by Crippen LogP contribution is 2.36. The van der Waals surface area contributed by atoms with Gasteiger partial charge in [0.15, 0.2) is 0 Å². The summed E-state index contributed by atoms with van der Waals surface area (Å²) in [7, 11) is 5.18. The predicted octanol–water partition coefficient (Wildman–Crippen LogP) is 7.56. The lowest BCUT2D eigenvalue weighted by atomic mass is 10.2. The molecular weight excluding hydrogens is 884 g/mol. The van der Waals surface area contributed by atoms with Gasteiger partial charge in [0.05, 0.1) is 23.8 Å². The lowest BCUT2D eigenvalue weighted by Crippen LogP contribution is -2.25. The Kier molecular flexibility index (Phi) is 16.5. The number of rotatable bonds is 14. The molecule has 4 N–H and O–H groups in total. The molecule has 0 aromatic carbocycles. The number of nitrogens with zero attached hydrogens (tertiary/aromatic N) is 11. The SMILES string of the molecule is CN(C)C(=O)c1cc2cnc(Cl)nc2n1C1CCCC1.CNC(=O)c1cc2cnc(Nc3ccc(OCCN4CCCC4)nc3)nc2n1C1CCCC1.Nc1ccc(OCCN2CCCC2)nc1. The minimum Gasteiger partial charge on any atom is -0.476 e. The molecule has 2 saturated carbocycles. The summed E-state index contributed by atoms with van der Waals surface area (Å²) in [6.07, 6.45) is 21.0. The Morgan fingerprint density at radius 2 is 1.22 bits per heavy atom. The predicted molar refractivity (Wildman–Crippen MR) is 265 cm³/mol. The molecule has 362 valence electrons. The molecule has 4 aliphatic rings. The number of nitrogens with one attached hydrogen (secondary N) is 2. The molecule has 6 aromatic rings. The maximum Gasteiger partial charge on any atom is 0.270 e. The number of anilines is 3. The quantitative estimate of drug-likeness (QED) is 0.0904. The molecule has 2 amide bonds. The van der Waals surface area contributed by atoms with Crippen LogP contribution in [0.5, 0.6) is 11.8 Å². The Morgan fingerprint density at radius 3 is 1.75 bits per heavy atom. The van der Waals surface area contributed by atoms with Gasteiger partial charge in [-0.3, -0.25) is 19.4 Å². The van der Waals surface area contributed by atoms with E-state index in [0.717, 1.165) is 66.5 Å². The van der Waals surface area contributed by atoms with Gasteiger partial charge in [-0.25, -0.2) is 19.9 Å². The first-order chi connectivity index (χ1) is 33.1. The third kappa shape index (κ3) is 12.3. The molecule has 8 heterocycles. The van der Waals surface area contributed by atoms with Gasteiger partial charge in [0.1, 0.15) is 35.9 Å². The second kappa shape index (κ2) is 23.3. The van der Waals surface area contributed by atoms with Crippen LogP contribution in [0.2, 0.25) is 5.28 Å². The Hall–Kier alpha value is -6.11. The zero-order chi connectivity index (χ0) is 47.4. The summed E-state index contributed by atoms with van der Waals surface area (Å²) >= 11 is 5.92. The number of aromatic nitrogens is 8. The zero-order valence-corrected chi connectivity index (χ0v) is 40.3. The van der Waals surface area contributed by atoms with E-state index in [4.69, 9.17) is 31.8 Å². The average Bonchev–Trinajstić information content (AvgIpc) is 4.21. The number of likely N-dealkylation sites (tertiary alicyclic amines) is 2. The number of nitrogen functional groups attached to an aromatic ring is 1. The maximum absolute atomic E-state index is 12.5. The summed E-state index contributed by atoms with van der Waals surface area (Å²) in [4.78, 5) is 57.4. The summed E-state index contributed by atoms with van der Waals surface area (Å²) in [5.74, 6) is 1.64. The standard InChI is InChI=1S/C24H31N7O2.C14H17ClN4O.C11H17N3O/c1-25-23(32)20-14-17-15-27-24(29-22(17)31(20)19-6-2-3-7-19)28-18-8-9-21(26-16-18)33-13-12-30-10-4-5-11-30;1-18(2)13(20)11-7-9-8-16-14(15)17-12(9)19(11)10-5-3-4-6-10;12-10-3-4-11(13-9-10)15-8-7-14-5-1-2-6-14/h8-9,14-16,19H,2-7,10-13H2,1H3,(H,25,32)(H,27,28,29);7-8,10H,3-6H2,1-2H3;3-4,9H,1-2,5-8,12H2. The van der Waals surface area contributed by atoms with Crippen LogP contribution in [-0.2, 0) is 0 Å². The minimum absolute atomic E-state index is 0.00831. The van der Waals surface area contributed by atoms with Crippen LogP contribution in [0.1, 0.15) is 110 Å². The van der Waals surface area contributed by atoms with Crippen molar-refractivity contribution in [2.45, 2.75) is 89.1 Å². The first kappa shape index (κ1) is 48.4. The van der Waals surface area contributed by atoms with Gasteiger partial charge in [0.25, 0.3) is 11.8 Å². The fourth-order valence-corrected chi connectivity index (χ4v) is 9.66. The van der Waals surface area contributed by atoms with Crippen LogP contribution in [0, 0.1) is 0 Å². The number of nitrogens with two attached hydrogens (primary N) is 1. The maximum atomic E-state index is 12.5. The van der Waals surface area contributed by atoms with E-state index in [2.05, 4.69) is 54.5 Å². The highest BCUT2D eigenvalue weighted by molar-refractivity contribution is 6.28. The van der Waals surface area contributed by atoms with Crippen LogP contribution in [0.4, 0.5) is 17.3 Å². The normalized spacial score (nSPS) is 16.6. The van der Waals surface area contributed by atoms with Crippen molar-refractivity contribution >= 4 is 62.8 Å². The smallest absolute Gasteiger partial charge is 0.270 e. The number of hydrogen-bond acceptors (Lipinski definition) is 14. The molecule has 0 atom stereocenters. The molecule has 6 aromatic heterocycles. The molecule has 0 bridgehead atoms. The van der Waals surface area contributed by atoms with Gasteiger partial charge in [-0.1, -0.05) is 25.7 Å². The molecule has 0 spiro atoms. The number of ether oxygens (including phenoxy) is 2. The van der Waals surface area contributed by atoms with E-state index < -0.39 is 0 Å². The van der Waals surface area contributed by atoms with Gasteiger partial charge in [0, 0.05) is 81.6 Å². The van der Waals surface area contributed by atoms with Crippen LogP contribution < -0.4 is 25.8 Å². The number of amides is 2. The number of fused-ring (bicyclic) bond motifs is 2. The fraction of sp³-hybridized carbons (Fsp3) is 0.510. The van der Waals surface area contributed by atoms with Crippen molar-refractivity contribution in [3.8, 4) is 11.8 Å². The summed E-state index contributed by atoms with van der Waals surface area (Å²) in [5, 5.41) is 7.94. The van der Waals surface area contributed by atoms with E-state index in [1.807, 2.05) is 24.3 Å². The van der Waals surface area contributed by atoms with Crippen molar-refractivity contribution in [3.63, 3.8) is 0 Å². The van der Waals surface area contributed by atoms with Crippen molar-refractivity contribution in [1.82, 2.24) is 59.1 Å². The fourth-order valence-electron chi connectivity index (χ4n) is 9.53. The summed E-state index contributed by atoms with van der Waals surface area (Å²) in [6, 6.07) is 11.7. The number of halogens is 1. The number of pyridine rings is 2. The Labute approximate surface area is 403 Å². The van der Waals surface area contributed by atoms with E-state index in [9.17, 15) is 9.59 Å². The Morgan fingerprint density at radius 1 is 0.691 bits per heavy atom. The molecule has 4 fully saturated rings. The van der Waals surface area contributed by atoms with Crippen LogP contribution in [0.3, 0.4) is 0 Å². The summed E-state index contributed by atoms with van der Waals surface area (Å²) < 4.78 is 15.4. The van der Waals surface area contributed by atoms with E-state index >= 15 is 0 Å². The summed E-state index contributed by atoms with van der Waals surface area (Å²) in [5.41, 5.74) is 9.85. The number of carbonyl (C=O) groups is 2. The second-order valence-corrected chi connectivity index (χ2v) is 18.4. The molecule has 2 aliphatic carbocycles. The molecule has 10 rings (SSSR count). The molecule has 0 radical (unpaired) electrons. The molecule has 2 aliphatic heterocycles. The van der Waals surface area contributed by atoms with Crippen molar-refractivity contribution in [1.29, 1.82) is 0 Å². The minimum atomic E-state index is -0.0982. The van der Waals surface area contributed by atoms with Gasteiger partial charge >= 0.3 is 0 Å². The average molecular weight is 950 g/mol. The number of hydrogen-bond donors (Lipinski definition) is 3. The first-order valence-electron chi connectivity index (χ1n) is 24.1. The lowest BCUT2D eigenvalue weighted by Gasteiger charge is -2.18. The van der Waals surface area contributed by atoms with Crippen LogP contribution in [0.25, 0.3) is 22.1 Å². The van der Waals surface area contributed by atoms with Crippen molar-refractivity contribution in [2.24, 2.45) is 0 Å². The van der Waals surface area contributed by atoms with Crippen molar-refractivity contribution < 1.29 is 19.1 Å². The van der Waals surface area contributed by atoms with Gasteiger partial charge < -0.3 is 39.9 Å². The largest absolute Gasteiger partial charge is 0.476 e. The van der Waals surface area contributed by atoms with Gasteiger partial charge in [-0.2, -0.15) is 9.97 Å². The molecule has 0 unspecified atom stereocenters. The molecule has 2 saturated heterocycles. The highest BCUT2D eigenvalue weighted by atomic mass is 35.5. The molecule has 18 nitrogen and oxygen atoms in total. The van der Waals surface area contributed by atoms with Crippen LogP contribution >= 0.6 is 11.6 Å². The van der Waals surface area contributed by atoms with E-state index in [-0.39, 0.29) is 23.1 Å². The topological polar surface area (TPSA) is 200 Å². The van der Waals surface area contributed by atoms with Gasteiger partial charge in [-0.15, -0.1) is 0 Å². The third-order valence-electron chi connectivity index (χ3n) is 13.1. The van der Waals surface area contributed by atoms with E-state index in [1.54, 1.807) is 63.0 Å². The first-order valence-corrected chi connectivity index (χ1v) is 24.5. The molecule has 19 heteroatoms.